The Morgan fingerprint density at radius 1 is 1.33 bits per heavy atom. The second-order valence-electron chi connectivity index (χ2n) is 4.69. The van der Waals surface area contributed by atoms with Crippen molar-refractivity contribution in [2.75, 3.05) is 6.61 Å². The molecule has 5 heteroatoms. The van der Waals surface area contributed by atoms with Crippen molar-refractivity contribution in [3.8, 4) is 5.75 Å². The zero-order valence-electron chi connectivity index (χ0n) is 12.5. The number of aryl methyl sites for hydroxylation is 2. The largest absolute Gasteiger partial charge is 0.493 e. The Labute approximate surface area is 133 Å². The van der Waals surface area contributed by atoms with Crippen LogP contribution in [0.4, 0.5) is 0 Å². The summed E-state index contributed by atoms with van der Waals surface area (Å²) in [6, 6.07) is 7.36. The molecule has 2 rings (SSSR count). The third kappa shape index (κ3) is 3.35. The van der Waals surface area contributed by atoms with Gasteiger partial charge in [0.05, 0.1) is 34.5 Å². The molecule has 0 atom stereocenters. The van der Waals surface area contributed by atoms with Crippen LogP contribution in [0.15, 0.2) is 28.7 Å². The number of hydrogen-bond acceptors (Lipinski definition) is 3. The van der Waals surface area contributed by atoms with Gasteiger partial charge in [0, 0.05) is 6.54 Å². The zero-order valence-corrected chi connectivity index (χ0v) is 14.1. The van der Waals surface area contributed by atoms with Crippen LogP contribution in [-0.2, 0) is 13.0 Å². The average molecular weight is 351 g/mol. The van der Waals surface area contributed by atoms with E-state index in [1.54, 1.807) is 6.07 Å². The van der Waals surface area contributed by atoms with Crippen molar-refractivity contribution in [3.05, 3.63) is 45.7 Å². The van der Waals surface area contributed by atoms with Crippen molar-refractivity contribution in [1.29, 1.82) is 0 Å². The van der Waals surface area contributed by atoms with E-state index in [-0.39, 0.29) is 5.78 Å². The van der Waals surface area contributed by atoms with E-state index in [0.717, 1.165) is 22.4 Å². The molecule has 0 fully saturated rings. The monoisotopic (exact) mass is 350 g/mol. The molecule has 0 radical (unpaired) electrons. The first-order chi connectivity index (χ1) is 10.1. The third-order valence-corrected chi connectivity index (χ3v) is 4.30. The molecule has 21 heavy (non-hydrogen) atoms. The summed E-state index contributed by atoms with van der Waals surface area (Å²) in [6.45, 7) is 7.13. The van der Waals surface area contributed by atoms with Gasteiger partial charge in [0.15, 0.2) is 5.78 Å². The molecule has 0 amide bonds. The summed E-state index contributed by atoms with van der Waals surface area (Å²) in [5, 5.41) is 4.42. The smallest absolute Gasteiger partial charge is 0.172 e. The average Bonchev–Trinajstić information content (AvgIpc) is 2.76. The highest BCUT2D eigenvalue weighted by molar-refractivity contribution is 9.10. The molecular weight excluding hydrogens is 332 g/mol. The number of carbonyl (C=O) groups is 1. The summed E-state index contributed by atoms with van der Waals surface area (Å²) in [4.78, 5) is 12.6. The second kappa shape index (κ2) is 6.89. The number of ether oxygens (including phenoxy) is 1. The van der Waals surface area contributed by atoms with E-state index in [4.69, 9.17) is 4.74 Å². The van der Waals surface area contributed by atoms with Gasteiger partial charge in [-0.2, -0.15) is 5.10 Å². The van der Waals surface area contributed by atoms with Crippen LogP contribution in [-0.4, -0.2) is 22.2 Å². The van der Waals surface area contributed by atoms with Crippen molar-refractivity contribution < 1.29 is 9.53 Å². The molecule has 1 aromatic carbocycles. The predicted molar refractivity (Wildman–Crippen MR) is 86.0 cm³/mol. The standard InChI is InChI=1S/C16H19BrN2O2/c1-4-19-13(16(17)11(3)18-19)10-14(20)12-8-6-7-9-15(12)21-5-2/h6-9H,4-5,10H2,1-3H3. The van der Waals surface area contributed by atoms with Crippen LogP contribution in [0.1, 0.15) is 35.6 Å². The summed E-state index contributed by atoms with van der Waals surface area (Å²) in [5.74, 6) is 0.676. The Bertz CT molecular complexity index is 650. The second-order valence-corrected chi connectivity index (χ2v) is 5.48. The number of hydrogen-bond donors (Lipinski definition) is 0. The summed E-state index contributed by atoms with van der Waals surface area (Å²) in [7, 11) is 0. The molecule has 0 saturated carbocycles. The normalized spacial score (nSPS) is 10.7. The fourth-order valence-electron chi connectivity index (χ4n) is 2.26. The minimum atomic E-state index is 0.0364. The van der Waals surface area contributed by atoms with Crippen molar-refractivity contribution in [1.82, 2.24) is 9.78 Å². The van der Waals surface area contributed by atoms with Crippen LogP contribution in [0.5, 0.6) is 5.75 Å². The van der Waals surface area contributed by atoms with E-state index in [1.165, 1.54) is 0 Å². The molecule has 2 aromatic rings. The molecule has 0 spiro atoms. The van der Waals surface area contributed by atoms with Gasteiger partial charge in [0.1, 0.15) is 5.75 Å². The fraction of sp³-hybridized carbons (Fsp3) is 0.375. The van der Waals surface area contributed by atoms with Gasteiger partial charge in [-0.15, -0.1) is 0 Å². The number of para-hydroxylation sites is 1. The summed E-state index contributed by atoms with van der Waals surface area (Å²) in [5.41, 5.74) is 2.43. The topological polar surface area (TPSA) is 44.1 Å². The molecule has 0 aliphatic rings. The molecule has 4 nitrogen and oxygen atoms in total. The number of rotatable bonds is 6. The molecule has 0 bridgehead atoms. The lowest BCUT2D eigenvalue weighted by molar-refractivity contribution is 0.0986. The zero-order chi connectivity index (χ0) is 15.4. The lowest BCUT2D eigenvalue weighted by Crippen LogP contribution is -2.11. The van der Waals surface area contributed by atoms with Gasteiger partial charge in [0.25, 0.3) is 0 Å². The molecule has 1 heterocycles. The SMILES string of the molecule is CCOc1ccccc1C(=O)Cc1c(Br)c(C)nn1CC. The van der Waals surface area contributed by atoms with E-state index >= 15 is 0 Å². The number of nitrogens with zero attached hydrogens (tertiary/aromatic N) is 2. The van der Waals surface area contributed by atoms with Gasteiger partial charge in [-0.1, -0.05) is 12.1 Å². The van der Waals surface area contributed by atoms with Crippen molar-refractivity contribution >= 4 is 21.7 Å². The van der Waals surface area contributed by atoms with Crippen molar-refractivity contribution in [2.24, 2.45) is 0 Å². The lowest BCUT2D eigenvalue weighted by Gasteiger charge is -2.10. The minimum absolute atomic E-state index is 0.0364. The van der Waals surface area contributed by atoms with Crippen LogP contribution in [0.2, 0.25) is 0 Å². The van der Waals surface area contributed by atoms with Crippen molar-refractivity contribution in [2.45, 2.75) is 33.7 Å². The van der Waals surface area contributed by atoms with Crippen molar-refractivity contribution in [3.63, 3.8) is 0 Å². The van der Waals surface area contributed by atoms with Gasteiger partial charge in [-0.05, 0) is 48.8 Å². The van der Waals surface area contributed by atoms with Crippen LogP contribution in [0, 0.1) is 6.92 Å². The van der Waals surface area contributed by atoms with Crippen LogP contribution in [0.3, 0.4) is 0 Å². The molecule has 0 saturated heterocycles. The van der Waals surface area contributed by atoms with Gasteiger partial charge in [-0.25, -0.2) is 0 Å². The van der Waals surface area contributed by atoms with E-state index in [9.17, 15) is 4.79 Å². The number of ketones is 1. The van der Waals surface area contributed by atoms with Crippen LogP contribution >= 0.6 is 15.9 Å². The molecular formula is C16H19BrN2O2. The van der Waals surface area contributed by atoms with E-state index in [1.807, 2.05) is 43.7 Å². The quantitative estimate of drug-likeness (QED) is 0.744. The highest BCUT2D eigenvalue weighted by atomic mass is 79.9. The summed E-state index contributed by atoms with van der Waals surface area (Å²) in [6.07, 6.45) is 0.305. The summed E-state index contributed by atoms with van der Waals surface area (Å²) < 4.78 is 8.30. The first kappa shape index (κ1) is 15.8. The van der Waals surface area contributed by atoms with E-state index in [2.05, 4.69) is 21.0 Å². The number of aromatic nitrogens is 2. The van der Waals surface area contributed by atoms with E-state index < -0.39 is 0 Å². The lowest BCUT2D eigenvalue weighted by atomic mass is 10.1. The number of carbonyl (C=O) groups excluding carboxylic acids is 1. The highest BCUT2D eigenvalue weighted by Crippen LogP contribution is 2.25. The summed E-state index contributed by atoms with van der Waals surface area (Å²) >= 11 is 3.53. The number of halogens is 1. The third-order valence-electron chi connectivity index (χ3n) is 3.27. The van der Waals surface area contributed by atoms with Gasteiger partial charge >= 0.3 is 0 Å². The molecule has 0 aliphatic heterocycles. The Morgan fingerprint density at radius 3 is 2.71 bits per heavy atom. The first-order valence-corrected chi connectivity index (χ1v) is 7.84. The Hall–Kier alpha value is -1.62. The number of Topliss-reactive ketones (excluding diaryl/α,β-unsaturated/α-hetero) is 1. The van der Waals surface area contributed by atoms with Gasteiger partial charge in [-0.3, -0.25) is 9.48 Å². The maximum absolute atomic E-state index is 12.6. The van der Waals surface area contributed by atoms with Gasteiger partial charge < -0.3 is 4.74 Å². The Balaban J connectivity index is 2.30. The molecule has 0 aliphatic carbocycles. The molecule has 0 N–H and O–H groups in total. The van der Waals surface area contributed by atoms with Crippen LogP contribution in [0.25, 0.3) is 0 Å². The Kier molecular flexibility index (Phi) is 5.17. The predicted octanol–water partition coefficient (Wildman–Crippen LogP) is 3.80. The van der Waals surface area contributed by atoms with Crippen LogP contribution < -0.4 is 4.74 Å². The van der Waals surface area contributed by atoms with Gasteiger partial charge in [0.2, 0.25) is 0 Å². The minimum Gasteiger partial charge on any atom is -0.493 e. The highest BCUT2D eigenvalue weighted by Gasteiger charge is 2.18. The molecule has 112 valence electrons. The number of benzene rings is 1. The maximum atomic E-state index is 12.6. The molecule has 0 unspecified atom stereocenters. The van der Waals surface area contributed by atoms with E-state index in [0.29, 0.717) is 24.3 Å². The maximum Gasteiger partial charge on any atom is 0.172 e. The fourth-order valence-corrected chi connectivity index (χ4v) is 2.69. The Morgan fingerprint density at radius 2 is 2.05 bits per heavy atom. The molecule has 1 aromatic heterocycles. The first-order valence-electron chi connectivity index (χ1n) is 7.05.